The molecule has 0 bridgehead atoms. The van der Waals surface area contributed by atoms with Crippen molar-refractivity contribution in [3.63, 3.8) is 0 Å². The minimum absolute atomic E-state index is 0.601. The molecule has 1 atom stereocenters. The highest BCUT2D eigenvalue weighted by Gasteiger charge is 2.17. The average Bonchev–Trinajstić information content (AvgIpc) is 2.70. The summed E-state index contributed by atoms with van der Waals surface area (Å²) >= 11 is 1.84. The van der Waals surface area contributed by atoms with E-state index in [1.54, 1.807) is 0 Å². The summed E-state index contributed by atoms with van der Waals surface area (Å²) in [5.41, 5.74) is 1.48. The summed E-state index contributed by atoms with van der Waals surface area (Å²) in [6.07, 6.45) is 4.75. The molecule has 13 heavy (non-hydrogen) atoms. The molecule has 1 N–H and O–H groups in total. The van der Waals surface area contributed by atoms with Gasteiger partial charge in [-0.3, -0.25) is 0 Å². The summed E-state index contributed by atoms with van der Waals surface area (Å²) < 4.78 is 0. The summed E-state index contributed by atoms with van der Waals surface area (Å²) in [6, 6.07) is 9.30. The fourth-order valence-electron chi connectivity index (χ4n) is 1.90. The Hall–Kier alpha value is -0.470. The molecule has 0 saturated carbocycles. The number of rotatable bonds is 2. The van der Waals surface area contributed by atoms with Crippen LogP contribution in [0.1, 0.15) is 24.4 Å². The molecule has 1 fully saturated rings. The van der Waals surface area contributed by atoms with Gasteiger partial charge in [0.25, 0.3) is 0 Å². The summed E-state index contributed by atoms with van der Waals surface area (Å²) in [7, 11) is 0. The van der Waals surface area contributed by atoms with E-state index in [-0.39, 0.29) is 0 Å². The third kappa shape index (κ3) is 1.89. The molecule has 1 saturated heterocycles. The third-order valence-electron chi connectivity index (χ3n) is 2.57. The normalized spacial score (nSPS) is 22.1. The van der Waals surface area contributed by atoms with E-state index >= 15 is 0 Å². The van der Waals surface area contributed by atoms with Crippen LogP contribution < -0.4 is 5.32 Å². The van der Waals surface area contributed by atoms with E-state index in [4.69, 9.17) is 0 Å². The molecule has 0 aliphatic carbocycles. The monoisotopic (exact) mass is 193 g/mol. The van der Waals surface area contributed by atoms with E-state index in [0.29, 0.717) is 6.04 Å². The maximum absolute atomic E-state index is 3.53. The Morgan fingerprint density at radius 3 is 2.92 bits per heavy atom. The van der Waals surface area contributed by atoms with Gasteiger partial charge in [-0.15, -0.1) is 11.8 Å². The Morgan fingerprint density at radius 2 is 2.23 bits per heavy atom. The molecule has 2 rings (SSSR count). The predicted molar refractivity (Wildman–Crippen MR) is 58.2 cm³/mol. The standard InChI is InChI=1S/C11H15NS/c1-13-11-7-3-2-5-9(11)10-6-4-8-12-10/h2-3,5,7,10,12H,4,6,8H2,1H3. The van der Waals surface area contributed by atoms with Gasteiger partial charge in [0.1, 0.15) is 0 Å². The van der Waals surface area contributed by atoms with E-state index in [1.165, 1.54) is 29.8 Å². The van der Waals surface area contributed by atoms with Crippen LogP contribution in [0.2, 0.25) is 0 Å². The molecule has 1 nitrogen and oxygen atoms in total. The molecule has 1 aromatic carbocycles. The minimum Gasteiger partial charge on any atom is -0.310 e. The zero-order valence-corrected chi connectivity index (χ0v) is 8.73. The van der Waals surface area contributed by atoms with Crippen LogP contribution in [0.25, 0.3) is 0 Å². The van der Waals surface area contributed by atoms with Gasteiger partial charge in [-0.2, -0.15) is 0 Å². The molecule has 0 spiro atoms. The van der Waals surface area contributed by atoms with Crippen molar-refractivity contribution in [2.75, 3.05) is 12.8 Å². The summed E-state index contributed by atoms with van der Waals surface area (Å²) in [5, 5.41) is 3.53. The second-order valence-electron chi connectivity index (χ2n) is 3.39. The van der Waals surface area contributed by atoms with Crippen LogP contribution in [0.3, 0.4) is 0 Å². The Morgan fingerprint density at radius 1 is 1.38 bits per heavy atom. The Bertz CT molecular complexity index is 279. The molecule has 0 aromatic heterocycles. The van der Waals surface area contributed by atoms with Crippen LogP contribution in [0.4, 0.5) is 0 Å². The number of hydrogen-bond acceptors (Lipinski definition) is 2. The van der Waals surface area contributed by atoms with Crippen molar-refractivity contribution in [2.45, 2.75) is 23.8 Å². The van der Waals surface area contributed by atoms with Crippen LogP contribution in [0, 0.1) is 0 Å². The Kier molecular flexibility index (Phi) is 2.91. The molecular formula is C11H15NS. The SMILES string of the molecule is CSc1ccccc1C1CCCN1. The lowest BCUT2D eigenvalue weighted by atomic mass is 10.1. The van der Waals surface area contributed by atoms with Gasteiger partial charge in [0.2, 0.25) is 0 Å². The van der Waals surface area contributed by atoms with Crippen molar-refractivity contribution in [3.05, 3.63) is 29.8 Å². The van der Waals surface area contributed by atoms with Gasteiger partial charge in [0, 0.05) is 10.9 Å². The van der Waals surface area contributed by atoms with Crippen molar-refractivity contribution < 1.29 is 0 Å². The molecule has 1 unspecified atom stereocenters. The molecule has 1 aromatic rings. The first kappa shape index (κ1) is 9.10. The lowest BCUT2D eigenvalue weighted by molar-refractivity contribution is 0.636. The molecule has 0 radical (unpaired) electrons. The molecule has 1 heterocycles. The number of nitrogens with one attached hydrogen (secondary N) is 1. The molecule has 0 amide bonds. The minimum atomic E-state index is 0.601. The highest BCUT2D eigenvalue weighted by molar-refractivity contribution is 7.98. The van der Waals surface area contributed by atoms with Crippen molar-refractivity contribution in [3.8, 4) is 0 Å². The second kappa shape index (κ2) is 4.16. The van der Waals surface area contributed by atoms with Crippen LogP contribution >= 0.6 is 11.8 Å². The Balaban J connectivity index is 2.26. The fraction of sp³-hybridized carbons (Fsp3) is 0.455. The van der Waals surface area contributed by atoms with Crippen molar-refractivity contribution in [1.29, 1.82) is 0 Å². The van der Waals surface area contributed by atoms with Crippen LogP contribution in [-0.4, -0.2) is 12.8 Å². The first-order valence-corrected chi connectivity index (χ1v) is 6.00. The van der Waals surface area contributed by atoms with E-state index in [0.717, 1.165) is 0 Å². The largest absolute Gasteiger partial charge is 0.310 e. The van der Waals surface area contributed by atoms with Crippen molar-refractivity contribution in [2.24, 2.45) is 0 Å². The van der Waals surface area contributed by atoms with Gasteiger partial charge in [-0.25, -0.2) is 0 Å². The van der Waals surface area contributed by atoms with E-state index < -0.39 is 0 Å². The van der Waals surface area contributed by atoms with E-state index in [2.05, 4.69) is 35.8 Å². The lowest BCUT2D eigenvalue weighted by Crippen LogP contribution is -2.13. The van der Waals surface area contributed by atoms with E-state index in [9.17, 15) is 0 Å². The highest BCUT2D eigenvalue weighted by atomic mass is 32.2. The van der Waals surface area contributed by atoms with Crippen molar-refractivity contribution in [1.82, 2.24) is 5.32 Å². The maximum atomic E-state index is 3.53. The summed E-state index contributed by atoms with van der Waals surface area (Å²) in [6.45, 7) is 1.17. The number of benzene rings is 1. The maximum Gasteiger partial charge on any atom is 0.0331 e. The topological polar surface area (TPSA) is 12.0 Å². The van der Waals surface area contributed by atoms with Crippen molar-refractivity contribution >= 4 is 11.8 Å². The number of hydrogen-bond donors (Lipinski definition) is 1. The Labute approximate surface area is 83.9 Å². The van der Waals surface area contributed by atoms with E-state index in [1.807, 2.05) is 11.8 Å². The molecule has 1 aliphatic heterocycles. The van der Waals surface area contributed by atoms with Crippen LogP contribution in [-0.2, 0) is 0 Å². The lowest BCUT2D eigenvalue weighted by Gasteiger charge is -2.13. The highest BCUT2D eigenvalue weighted by Crippen LogP contribution is 2.30. The average molecular weight is 193 g/mol. The second-order valence-corrected chi connectivity index (χ2v) is 4.24. The predicted octanol–water partition coefficient (Wildman–Crippen LogP) is 2.83. The first-order valence-electron chi connectivity index (χ1n) is 4.78. The van der Waals surface area contributed by atoms with Crippen LogP contribution in [0.5, 0.6) is 0 Å². The molecule has 1 aliphatic rings. The summed E-state index contributed by atoms with van der Waals surface area (Å²) in [5.74, 6) is 0. The zero-order valence-electron chi connectivity index (χ0n) is 7.92. The quantitative estimate of drug-likeness (QED) is 0.725. The van der Waals surface area contributed by atoms with Gasteiger partial charge in [0.05, 0.1) is 0 Å². The molecular weight excluding hydrogens is 178 g/mol. The zero-order chi connectivity index (χ0) is 9.10. The number of thioether (sulfide) groups is 1. The molecule has 70 valence electrons. The van der Waals surface area contributed by atoms with Crippen LogP contribution in [0.15, 0.2) is 29.2 Å². The summed E-state index contributed by atoms with van der Waals surface area (Å²) in [4.78, 5) is 1.42. The fourth-order valence-corrected chi connectivity index (χ4v) is 2.56. The van der Waals surface area contributed by atoms with Gasteiger partial charge in [0.15, 0.2) is 0 Å². The molecule has 2 heteroatoms. The van der Waals surface area contributed by atoms with Gasteiger partial charge in [-0.1, -0.05) is 18.2 Å². The smallest absolute Gasteiger partial charge is 0.0331 e. The third-order valence-corrected chi connectivity index (χ3v) is 3.39. The first-order chi connectivity index (χ1) is 6.42. The van der Waals surface area contributed by atoms with Gasteiger partial charge in [-0.05, 0) is 37.3 Å². The van der Waals surface area contributed by atoms with Gasteiger partial charge < -0.3 is 5.32 Å². The van der Waals surface area contributed by atoms with Gasteiger partial charge >= 0.3 is 0 Å².